The predicted molar refractivity (Wildman–Crippen MR) is 60.9 cm³/mol. The molecule has 17 heavy (non-hydrogen) atoms. The fourth-order valence-electron chi connectivity index (χ4n) is 2.51. The van der Waals surface area contributed by atoms with E-state index in [9.17, 15) is 9.59 Å². The number of nitrogens with zero attached hydrogens (tertiary/aromatic N) is 1. The standard InChI is InChI=1S/C11H19N3O3/c12-9(15)8-3-1-2-5-14(8)10(16)11(13)4-6-17-7-11/h8H,1-7,13H2,(H2,12,15). The number of piperidine rings is 1. The highest BCUT2D eigenvalue weighted by Crippen LogP contribution is 2.24. The van der Waals surface area contributed by atoms with Crippen molar-refractivity contribution in [2.24, 2.45) is 11.5 Å². The van der Waals surface area contributed by atoms with Crippen LogP contribution in [0.1, 0.15) is 25.7 Å². The van der Waals surface area contributed by atoms with Crippen molar-refractivity contribution in [1.29, 1.82) is 0 Å². The van der Waals surface area contributed by atoms with E-state index < -0.39 is 17.5 Å². The summed E-state index contributed by atoms with van der Waals surface area (Å²) in [5, 5.41) is 0. The molecular formula is C11H19N3O3. The zero-order valence-electron chi connectivity index (χ0n) is 9.85. The largest absolute Gasteiger partial charge is 0.379 e. The van der Waals surface area contributed by atoms with Gasteiger partial charge in [0.2, 0.25) is 11.8 Å². The van der Waals surface area contributed by atoms with Crippen molar-refractivity contribution in [2.45, 2.75) is 37.3 Å². The number of carbonyl (C=O) groups is 2. The van der Waals surface area contributed by atoms with Gasteiger partial charge in [0.25, 0.3) is 0 Å². The molecule has 4 N–H and O–H groups in total. The van der Waals surface area contributed by atoms with Gasteiger partial charge in [-0.3, -0.25) is 9.59 Å². The molecule has 2 rings (SSSR count). The van der Waals surface area contributed by atoms with E-state index in [1.165, 1.54) is 0 Å². The maximum atomic E-state index is 12.4. The molecule has 2 unspecified atom stereocenters. The van der Waals surface area contributed by atoms with Crippen LogP contribution in [-0.2, 0) is 14.3 Å². The first-order valence-electron chi connectivity index (χ1n) is 6.02. The lowest BCUT2D eigenvalue weighted by Gasteiger charge is -2.38. The summed E-state index contributed by atoms with van der Waals surface area (Å²) in [7, 11) is 0. The molecule has 0 bridgehead atoms. The first kappa shape index (κ1) is 12.3. The zero-order chi connectivity index (χ0) is 12.5. The van der Waals surface area contributed by atoms with Gasteiger partial charge < -0.3 is 21.1 Å². The molecule has 2 fully saturated rings. The molecule has 2 amide bonds. The highest BCUT2D eigenvalue weighted by molar-refractivity contribution is 5.92. The number of hydrogen-bond donors (Lipinski definition) is 2. The van der Waals surface area contributed by atoms with Gasteiger partial charge in [0.05, 0.1) is 6.61 Å². The van der Waals surface area contributed by atoms with Gasteiger partial charge in [0.1, 0.15) is 11.6 Å². The van der Waals surface area contributed by atoms with E-state index in [1.54, 1.807) is 4.90 Å². The number of ether oxygens (including phenoxy) is 1. The van der Waals surface area contributed by atoms with Crippen molar-refractivity contribution < 1.29 is 14.3 Å². The summed E-state index contributed by atoms with van der Waals surface area (Å²) >= 11 is 0. The molecule has 0 aliphatic carbocycles. The number of carbonyl (C=O) groups excluding carboxylic acids is 2. The third-order valence-corrected chi connectivity index (χ3v) is 3.57. The smallest absolute Gasteiger partial charge is 0.245 e. The van der Waals surface area contributed by atoms with E-state index in [0.717, 1.165) is 12.8 Å². The van der Waals surface area contributed by atoms with Gasteiger partial charge in [-0.05, 0) is 25.7 Å². The molecule has 96 valence electrons. The molecule has 2 saturated heterocycles. The highest BCUT2D eigenvalue weighted by atomic mass is 16.5. The van der Waals surface area contributed by atoms with Crippen LogP contribution in [0.5, 0.6) is 0 Å². The number of rotatable bonds is 2. The average Bonchev–Trinajstić information content (AvgIpc) is 2.76. The van der Waals surface area contributed by atoms with Gasteiger partial charge >= 0.3 is 0 Å². The van der Waals surface area contributed by atoms with Crippen molar-refractivity contribution in [2.75, 3.05) is 19.8 Å². The molecule has 0 spiro atoms. The van der Waals surface area contributed by atoms with Crippen LogP contribution in [0.25, 0.3) is 0 Å². The van der Waals surface area contributed by atoms with E-state index in [0.29, 0.717) is 26.0 Å². The van der Waals surface area contributed by atoms with Gasteiger partial charge in [-0.1, -0.05) is 0 Å². The molecule has 2 aliphatic heterocycles. The molecule has 0 aromatic carbocycles. The van der Waals surface area contributed by atoms with Crippen LogP contribution in [0.4, 0.5) is 0 Å². The Morgan fingerprint density at radius 2 is 2.12 bits per heavy atom. The molecule has 6 nitrogen and oxygen atoms in total. The minimum Gasteiger partial charge on any atom is -0.379 e. The van der Waals surface area contributed by atoms with Crippen LogP contribution >= 0.6 is 0 Å². The molecule has 0 aromatic rings. The van der Waals surface area contributed by atoms with Crippen LogP contribution in [0.2, 0.25) is 0 Å². The summed E-state index contributed by atoms with van der Waals surface area (Å²) in [6.45, 7) is 1.29. The SMILES string of the molecule is NC(=O)C1CCCCN1C(=O)C1(N)CCOC1. The number of primary amides is 1. The number of nitrogens with two attached hydrogens (primary N) is 2. The second kappa shape index (κ2) is 4.62. The molecule has 6 heteroatoms. The van der Waals surface area contributed by atoms with Crippen LogP contribution in [0, 0.1) is 0 Å². The van der Waals surface area contributed by atoms with Crippen LogP contribution in [-0.4, -0.2) is 48.1 Å². The summed E-state index contributed by atoms with van der Waals surface area (Å²) < 4.78 is 5.18. The zero-order valence-corrected chi connectivity index (χ0v) is 9.85. The topological polar surface area (TPSA) is 98.7 Å². The lowest BCUT2D eigenvalue weighted by Crippen LogP contribution is -2.61. The van der Waals surface area contributed by atoms with E-state index >= 15 is 0 Å². The first-order chi connectivity index (χ1) is 8.04. The summed E-state index contributed by atoms with van der Waals surface area (Å²) in [5.41, 5.74) is 10.4. The monoisotopic (exact) mass is 241 g/mol. The Kier molecular flexibility index (Phi) is 3.35. The lowest BCUT2D eigenvalue weighted by molar-refractivity contribution is -0.145. The van der Waals surface area contributed by atoms with Gasteiger partial charge in [-0.25, -0.2) is 0 Å². The maximum absolute atomic E-state index is 12.4. The summed E-state index contributed by atoms with van der Waals surface area (Å²) in [4.78, 5) is 25.2. The molecule has 2 heterocycles. The van der Waals surface area contributed by atoms with Crippen molar-refractivity contribution in [3.8, 4) is 0 Å². The third kappa shape index (κ3) is 2.28. The Morgan fingerprint density at radius 1 is 1.35 bits per heavy atom. The van der Waals surface area contributed by atoms with Gasteiger partial charge in [0, 0.05) is 13.2 Å². The van der Waals surface area contributed by atoms with E-state index in [1.807, 2.05) is 0 Å². The first-order valence-corrected chi connectivity index (χ1v) is 6.02. The highest BCUT2D eigenvalue weighted by Gasteiger charge is 2.44. The second-order valence-electron chi connectivity index (χ2n) is 4.87. The molecule has 0 radical (unpaired) electrons. The maximum Gasteiger partial charge on any atom is 0.245 e. The van der Waals surface area contributed by atoms with Crippen molar-refractivity contribution >= 4 is 11.8 Å². The van der Waals surface area contributed by atoms with E-state index in [-0.39, 0.29) is 12.5 Å². The van der Waals surface area contributed by atoms with Crippen molar-refractivity contribution in [3.05, 3.63) is 0 Å². The molecule has 2 atom stereocenters. The normalized spacial score (nSPS) is 33.7. The Morgan fingerprint density at radius 3 is 2.71 bits per heavy atom. The van der Waals surface area contributed by atoms with Gasteiger partial charge in [-0.2, -0.15) is 0 Å². The molecule has 0 saturated carbocycles. The fraction of sp³-hybridized carbons (Fsp3) is 0.818. The van der Waals surface area contributed by atoms with E-state index in [4.69, 9.17) is 16.2 Å². The second-order valence-corrected chi connectivity index (χ2v) is 4.87. The van der Waals surface area contributed by atoms with Crippen LogP contribution in [0.15, 0.2) is 0 Å². The molecule has 2 aliphatic rings. The summed E-state index contributed by atoms with van der Waals surface area (Å²) in [5.74, 6) is -0.640. The summed E-state index contributed by atoms with van der Waals surface area (Å²) in [6.07, 6.45) is 2.96. The summed E-state index contributed by atoms with van der Waals surface area (Å²) in [6, 6.07) is -0.503. The molecule has 0 aromatic heterocycles. The Balaban J connectivity index is 2.13. The lowest BCUT2D eigenvalue weighted by atomic mass is 9.94. The Bertz CT molecular complexity index is 326. The number of hydrogen-bond acceptors (Lipinski definition) is 4. The van der Waals surface area contributed by atoms with Crippen LogP contribution in [0.3, 0.4) is 0 Å². The minimum atomic E-state index is -0.967. The van der Waals surface area contributed by atoms with Gasteiger partial charge in [0.15, 0.2) is 0 Å². The number of amides is 2. The predicted octanol–water partition coefficient (Wildman–Crippen LogP) is -1.03. The number of likely N-dealkylation sites (tertiary alicyclic amines) is 1. The van der Waals surface area contributed by atoms with Crippen molar-refractivity contribution in [1.82, 2.24) is 4.90 Å². The molecular weight excluding hydrogens is 222 g/mol. The van der Waals surface area contributed by atoms with Crippen molar-refractivity contribution in [3.63, 3.8) is 0 Å². The van der Waals surface area contributed by atoms with Crippen LogP contribution < -0.4 is 11.5 Å². The Labute approximate surface area is 100 Å². The third-order valence-electron chi connectivity index (χ3n) is 3.57. The Hall–Kier alpha value is -1.14. The average molecular weight is 241 g/mol. The fourth-order valence-corrected chi connectivity index (χ4v) is 2.51. The minimum absolute atomic E-state index is 0.196. The van der Waals surface area contributed by atoms with Gasteiger partial charge in [-0.15, -0.1) is 0 Å². The quantitative estimate of drug-likeness (QED) is 0.645. The van der Waals surface area contributed by atoms with E-state index in [2.05, 4.69) is 0 Å².